The minimum Gasteiger partial charge on any atom is -0.744 e. The predicted octanol–water partition coefficient (Wildman–Crippen LogP) is 9.98. The zero-order valence-corrected chi connectivity index (χ0v) is 36.8. The Labute approximate surface area is 347 Å². The van der Waals surface area contributed by atoms with E-state index in [1.54, 1.807) is 0 Å². The molecule has 0 spiro atoms. The van der Waals surface area contributed by atoms with E-state index in [4.69, 9.17) is 9.47 Å². The second-order valence-corrected chi connectivity index (χ2v) is 15.7. The van der Waals surface area contributed by atoms with Crippen LogP contribution in [0.2, 0.25) is 0 Å². The smallest absolute Gasteiger partial charge is 0.744 e. The molecule has 9 heteroatoms. The standard InChI is InChI=1S/C44H74O7S.Na/c1-3-5-7-9-11-13-15-17-19-21-23-25-27-29-31-33-38-50-43(45)40-36-35-37-41(52(47,48)49)42(40)44(46)51-39-34-32-30-28-26-24-22-20-18-16-14-12-10-8-6-4-2;/h3-6,35-37H,7-34,38-39H2,1-2H3,(H,47,48,49);/q;+1/p-1/b5-3+,6-4+;. The first-order valence-electron chi connectivity index (χ1n) is 21.0. The fourth-order valence-electron chi connectivity index (χ4n) is 6.55. The van der Waals surface area contributed by atoms with Gasteiger partial charge in [0.2, 0.25) is 0 Å². The summed E-state index contributed by atoms with van der Waals surface area (Å²) in [6.45, 7) is 4.40. The summed E-state index contributed by atoms with van der Waals surface area (Å²) in [4.78, 5) is 25.2. The maximum Gasteiger partial charge on any atom is 1.00 e. The van der Waals surface area contributed by atoms with Crippen molar-refractivity contribution in [2.75, 3.05) is 13.2 Å². The summed E-state index contributed by atoms with van der Waals surface area (Å²) in [5.41, 5.74) is -0.777. The number of esters is 2. The van der Waals surface area contributed by atoms with Gasteiger partial charge in [0.25, 0.3) is 0 Å². The van der Waals surface area contributed by atoms with Crippen LogP contribution in [0.5, 0.6) is 0 Å². The summed E-state index contributed by atoms with van der Waals surface area (Å²) in [6, 6.07) is 3.62. The SMILES string of the molecule is C/C=C/CCCCCCCCCCCCCCCOC(=O)c1cccc(S(=O)(=O)[O-])c1C(=O)OCCCCCCCCCCCCCCC/C=C/C.[Na+]. The molecule has 1 aromatic rings. The van der Waals surface area contributed by atoms with Crippen LogP contribution in [0.15, 0.2) is 47.4 Å². The van der Waals surface area contributed by atoms with E-state index in [0.29, 0.717) is 12.8 Å². The largest absolute Gasteiger partial charge is 1.00 e. The van der Waals surface area contributed by atoms with Crippen molar-refractivity contribution >= 4 is 22.1 Å². The molecule has 0 atom stereocenters. The summed E-state index contributed by atoms with van der Waals surface area (Å²) in [6.07, 6.45) is 42.0. The molecule has 0 aliphatic heterocycles. The molecule has 1 rings (SSSR count). The molecule has 0 bridgehead atoms. The van der Waals surface area contributed by atoms with Crippen molar-refractivity contribution in [2.24, 2.45) is 0 Å². The van der Waals surface area contributed by atoms with Crippen molar-refractivity contribution in [3.05, 3.63) is 53.6 Å². The normalized spacial score (nSPS) is 11.7. The number of hydrogen-bond acceptors (Lipinski definition) is 7. The van der Waals surface area contributed by atoms with Crippen LogP contribution < -0.4 is 29.6 Å². The summed E-state index contributed by atoms with van der Waals surface area (Å²) in [7, 11) is -5.01. The van der Waals surface area contributed by atoms with Crippen LogP contribution in [-0.4, -0.2) is 38.1 Å². The molecule has 0 aliphatic rings. The van der Waals surface area contributed by atoms with Gasteiger partial charge < -0.3 is 14.0 Å². The molecule has 0 fully saturated rings. The quantitative estimate of drug-likeness (QED) is 0.0222. The van der Waals surface area contributed by atoms with Gasteiger partial charge in [-0.3, -0.25) is 0 Å². The first kappa shape index (κ1) is 51.5. The summed E-state index contributed by atoms with van der Waals surface area (Å²) in [5.74, 6) is -1.81. The third-order valence-corrected chi connectivity index (χ3v) is 10.6. The topological polar surface area (TPSA) is 110 Å². The Hall–Kier alpha value is -1.45. The van der Waals surface area contributed by atoms with Crippen molar-refractivity contribution in [1.82, 2.24) is 0 Å². The van der Waals surface area contributed by atoms with Gasteiger partial charge in [-0.25, -0.2) is 18.0 Å². The van der Waals surface area contributed by atoms with Gasteiger partial charge in [0.1, 0.15) is 10.1 Å². The molecule has 0 heterocycles. The van der Waals surface area contributed by atoms with Gasteiger partial charge in [-0.2, -0.15) is 0 Å². The second kappa shape index (κ2) is 36.2. The molecule has 0 N–H and O–H groups in total. The van der Waals surface area contributed by atoms with E-state index in [-0.39, 0.29) is 48.3 Å². The van der Waals surface area contributed by atoms with Gasteiger partial charge in [0.05, 0.1) is 29.2 Å². The van der Waals surface area contributed by atoms with Gasteiger partial charge >= 0.3 is 41.5 Å². The second-order valence-electron chi connectivity index (χ2n) is 14.3. The van der Waals surface area contributed by atoms with Crippen molar-refractivity contribution in [3.8, 4) is 0 Å². The zero-order valence-electron chi connectivity index (χ0n) is 34.0. The van der Waals surface area contributed by atoms with Crippen LogP contribution in [0.3, 0.4) is 0 Å². The Morgan fingerprint density at radius 1 is 0.528 bits per heavy atom. The molecule has 298 valence electrons. The number of unbranched alkanes of at least 4 members (excludes halogenated alkanes) is 26. The summed E-state index contributed by atoms with van der Waals surface area (Å²) >= 11 is 0. The fourth-order valence-corrected chi connectivity index (χ4v) is 7.24. The fraction of sp³-hybridized carbons (Fsp3) is 0.727. The van der Waals surface area contributed by atoms with Crippen molar-refractivity contribution < 1.29 is 61.6 Å². The molecular weight excluding hydrogens is 696 g/mol. The van der Waals surface area contributed by atoms with E-state index in [9.17, 15) is 22.6 Å². The molecule has 0 unspecified atom stereocenters. The van der Waals surface area contributed by atoms with Crippen molar-refractivity contribution in [3.63, 3.8) is 0 Å². The van der Waals surface area contributed by atoms with E-state index >= 15 is 0 Å². The number of benzene rings is 1. The molecule has 0 amide bonds. The average Bonchev–Trinajstić information content (AvgIpc) is 3.13. The first-order chi connectivity index (χ1) is 25.3. The Morgan fingerprint density at radius 3 is 1.19 bits per heavy atom. The molecular formula is C44H73NaO7S. The van der Waals surface area contributed by atoms with E-state index < -0.39 is 32.5 Å². The minimum absolute atomic E-state index is 0. The van der Waals surface area contributed by atoms with Crippen LogP contribution in [-0.2, 0) is 19.6 Å². The van der Waals surface area contributed by atoms with Gasteiger partial charge in [-0.05, 0) is 64.5 Å². The minimum atomic E-state index is -5.01. The zero-order chi connectivity index (χ0) is 38.0. The maximum absolute atomic E-state index is 13.0. The number of ether oxygens (including phenoxy) is 2. The summed E-state index contributed by atoms with van der Waals surface area (Å²) in [5, 5.41) is 0. The molecule has 0 aromatic heterocycles. The van der Waals surface area contributed by atoms with Gasteiger partial charge in [0.15, 0.2) is 0 Å². The maximum atomic E-state index is 13.0. The number of allylic oxidation sites excluding steroid dienone is 4. The van der Waals surface area contributed by atoms with E-state index in [1.807, 2.05) is 0 Å². The molecule has 0 radical (unpaired) electrons. The van der Waals surface area contributed by atoms with Gasteiger partial charge in [-0.15, -0.1) is 0 Å². The third-order valence-electron chi connectivity index (χ3n) is 9.69. The van der Waals surface area contributed by atoms with Crippen LogP contribution in [0, 0.1) is 0 Å². The molecule has 0 aliphatic carbocycles. The van der Waals surface area contributed by atoms with Crippen molar-refractivity contribution in [2.45, 2.75) is 199 Å². The van der Waals surface area contributed by atoms with E-state index in [0.717, 1.165) is 44.6 Å². The van der Waals surface area contributed by atoms with Gasteiger partial charge in [-0.1, -0.05) is 172 Å². The van der Waals surface area contributed by atoms with Crippen LogP contribution >= 0.6 is 0 Å². The Morgan fingerprint density at radius 2 is 0.849 bits per heavy atom. The Bertz CT molecular complexity index is 1210. The van der Waals surface area contributed by atoms with Crippen LogP contribution in [0.1, 0.15) is 214 Å². The molecule has 0 saturated heterocycles. The molecule has 0 saturated carbocycles. The number of carbonyl (C=O) groups is 2. The first-order valence-corrected chi connectivity index (χ1v) is 22.4. The van der Waals surface area contributed by atoms with Crippen molar-refractivity contribution in [1.29, 1.82) is 0 Å². The average molecular weight is 769 g/mol. The molecule has 53 heavy (non-hydrogen) atoms. The number of rotatable bonds is 35. The van der Waals surface area contributed by atoms with E-state index in [2.05, 4.69) is 38.2 Å². The Kier molecular flexibility index (Phi) is 35.2. The number of carbonyl (C=O) groups excluding carboxylic acids is 2. The molecule has 7 nitrogen and oxygen atoms in total. The van der Waals surface area contributed by atoms with Crippen LogP contribution in [0.4, 0.5) is 0 Å². The third kappa shape index (κ3) is 28.6. The Balaban J connectivity index is 0.0000270. The summed E-state index contributed by atoms with van der Waals surface area (Å²) < 4.78 is 46.7. The predicted molar refractivity (Wildman–Crippen MR) is 214 cm³/mol. The van der Waals surface area contributed by atoms with E-state index in [1.165, 1.54) is 141 Å². The monoisotopic (exact) mass is 768 g/mol. The van der Waals surface area contributed by atoms with Gasteiger partial charge in [0, 0.05) is 0 Å². The number of hydrogen-bond donors (Lipinski definition) is 0. The molecule has 1 aromatic carbocycles. The van der Waals surface area contributed by atoms with Crippen LogP contribution in [0.25, 0.3) is 0 Å².